The number of nitrogens with one attached hydrogen (secondary N) is 2. The van der Waals surface area contributed by atoms with Crippen LogP contribution in [0.3, 0.4) is 0 Å². The summed E-state index contributed by atoms with van der Waals surface area (Å²) in [6, 6.07) is 9.65. The fourth-order valence-electron chi connectivity index (χ4n) is 3.49. The van der Waals surface area contributed by atoms with E-state index in [1.54, 1.807) is 24.3 Å². The van der Waals surface area contributed by atoms with E-state index in [1.807, 2.05) is 0 Å². The summed E-state index contributed by atoms with van der Waals surface area (Å²) in [5.41, 5.74) is 0.155. The fraction of sp³-hybridized carbons (Fsp3) is 0.350. The van der Waals surface area contributed by atoms with E-state index in [0.29, 0.717) is 17.0 Å². The van der Waals surface area contributed by atoms with E-state index < -0.39 is 41.9 Å². The van der Waals surface area contributed by atoms with Crippen LogP contribution in [0.2, 0.25) is 0 Å². The van der Waals surface area contributed by atoms with Crippen molar-refractivity contribution in [3.05, 3.63) is 59.7 Å². The van der Waals surface area contributed by atoms with Crippen molar-refractivity contribution in [3.8, 4) is 5.75 Å². The molecule has 3 rings (SSSR count). The highest BCUT2D eigenvalue weighted by atomic mass is 19.4. The van der Waals surface area contributed by atoms with Crippen LogP contribution in [0, 0.1) is 0 Å². The number of halogens is 3. The first kappa shape index (κ1) is 20.9. The molecule has 29 heavy (non-hydrogen) atoms. The van der Waals surface area contributed by atoms with Gasteiger partial charge in [-0.2, -0.15) is 13.2 Å². The van der Waals surface area contributed by atoms with Crippen LogP contribution >= 0.6 is 0 Å². The number of rotatable bonds is 4. The van der Waals surface area contributed by atoms with Gasteiger partial charge in [-0.05, 0) is 36.2 Å². The van der Waals surface area contributed by atoms with Crippen LogP contribution in [0.4, 0.5) is 23.7 Å². The van der Waals surface area contributed by atoms with Gasteiger partial charge in [0.25, 0.3) is 0 Å². The molecule has 1 fully saturated rings. The maximum Gasteiger partial charge on any atom is 0.416 e. The lowest BCUT2D eigenvalue weighted by atomic mass is 9.92. The highest BCUT2D eigenvalue weighted by molar-refractivity contribution is 5.89. The Kier molecular flexibility index (Phi) is 5.99. The van der Waals surface area contributed by atoms with Gasteiger partial charge in [-0.3, -0.25) is 0 Å². The Hall–Kier alpha value is -2.78. The van der Waals surface area contributed by atoms with Crippen LogP contribution < -0.4 is 15.4 Å². The van der Waals surface area contributed by atoms with Crippen molar-refractivity contribution in [2.24, 2.45) is 0 Å². The number of aliphatic hydroxyl groups excluding tert-OH is 2. The molecule has 0 heterocycles. The Morgan fingerprint density at radius 2 is 1.83 bits per heavy atom. The number of benzene rings is 2. The molecule has 4 N–H and O–H groups in total. The molecule has 2 aromatic rings. The second kappa shape index (κ2) is 8.30. The maximum atomic E-state index is 12.8. The minimum absolute atomic E-state index is 0.108. The molecule has 0 radical (unpaired) electrons. The van der Waals surface area contributed by atoms with Crippen LogP contribution in [0.25, 0.3) is 0 Å². The van der Waals surface area contributed by atoms with Gasteiger partial charge in [0, 0.05) is 17.7 Å². The zero-order chi connectivity index (χ0) is 21.2. The number of carbonyl (C=O) groups excluding carboxylic acids is 1. The second-order valence-electron chi connectivity index (χ2n) is 6.88. The summed E-state index contributed by atoms with van der Waals surface area (Å²) in [6.07, 6.45) is -6.71. The van der Waals surface area contributed by atoms with Gasteiger partial charge >= 0.3 is 12.2 Å². The van der Waals surface area contributed by atoms with E-state index in [1.165, 1.54) is 19.2 Å². The average molecular weight is 410 g/mol. The van der Waals surface area contributed by atoms with Gasteiger partial charge in [0.1, 0.15) is 11.9 Å². The third-order valence-electron chi connectivity index (χ3n) is 4.98. The normalized spacial score (nSPS) is 24.2. The molecule has 2 aromatic carbocycles. The molecule has 0 saturated heterocycles. The van der Waals surface area contributed by atoms with Gasteiger partial charge in [-0.15, -0.1) is 0 Å². The van der Waals surface area contributed by atoms with E-state index in [2.05, 4.69) is 10.6 Å². The SMILES string of the molecule is COc1cccc(NC(=O)N[C@H]2[C@H](O)[C@H](O)C[C@@H]2c2ccc(C(F)(F)F)cc2)c1. The van der Waals surface area contributed by atoms with Crippen molar-refractivity contribution in [1.29, 1.82) is 0 Å². The first-order valence-corrected chi connectivity index (χ1v) is 8.94. The molecule has 6 nitrogen and oxygen atoms in total. The first-order chi connectivity index (χ1) is 13.7. The summed E-state index contributed by atoms with van der Waals surface area (Å²) in [6.45, 7) is 0. The average Bonchev–Trinajstić information content (AvgIpc) is 2.96. The van der Waals surface area contributed by atoms with Crippen molar-refractivity contribution >= 4 is 11.7 Å². The largest absolute Gasteiger partial charge is 0.497 e. The number of alkyl halides is 3. The lowest BCUT2D eigenvalue weighted by Gasteiger charge is -2.24. The number of amides is 2. The third kappa shape index (κ3) is 4.80. The summed E-state index contributed by atoms with van der Waals surface area (Å²) >= 11 is 0. The second-order valence-corrected chi connectivity index (χ2v) is 6.88. The number of anilines is 1. The highest BCUT2D eigenvalue weighted by Crippen LogP contribution is 2.37. The third-order valence-corrected chi connectivity index (χ3v) is 4.98. The van der Waals surface area contributed by atoms with E-state index >= 15 is 0 Å². The van der Waals surface area contributed by atoms with Crippen LogP contribution in [0.1, 0.15) is 23.5 Å². The van der Waals surface area contributed by atoms with Crippen molar-refractivity contribution in [2.45, 2.75) is 36.8 Å². The van der Waals surface area contributed by atoms with Crippen molar-refractivity contribution in [2.75, 3.05) is 12.4 Å². The molecule has 2 amide bonds. The summed E-state index contributed by atoms with van der Waals surface area (Å²) < 4.78 is 43.4. The smallest absolute Gasteiger partial charge is 0.416 e. The van der Waals surface area contributed by atoms with E-state index in [-0.39, 0.29) is 6.42 Å². The number of carbonyl (C=O) groups is 1. The molecular weight excluding hydrogens is 389 g/mol. The number of hydrogen-bond donors (Lipinski definition) is 4. The zero-order valence-electron chi connectivity index (χ0n) is 15.5. The molecule has 156 valence electrons. The number of methoxy groups -OCH3 is 1. The molecule has 9 heteroatoms. The van der Waals surface area contributed by atoms with Gasteiger partial charge in [0.15, 0.2) is 0 Å². The van der Waals surface area contributed by atoms with Crippen LogP contribution in [0.15, 0.2) is 48.5 Å². The molecule has 0 spiro atoms. The van der Waals surface area contributed by atoms with Gasteiger partial charge in [-0.25, -0.2) is 4.79 Å². The Bertz CT molecular complexity index is 858. The lowest BCUT2D eigenvalue weighted by molar-refractivity contribution is -0.137. The molecule has 1 saturated carbocycles. The fourth-order valence-corrected chi connectivity index (χ4v) is 3.49. The monoisotopic (exact) mass is 410 g/mol. The molecule has 0 bridgehead atoms. The molecule has 4 atom stereocenters. The number of hydrogen-bond acceptors (Lipinski definition) is 4. The first-order valence-electron chi connectivity index (χ1n) is 8.94. The van der Waals surface area contributed by atoms with Crippen molar-refractivity contribution in [1.82, 2.24) is 5.32 Å². The summed E-state index contributed by atoms with van der Waals surface area (Å²) in [5.74, 6) is 0.0000902. The van der Waals surface area contributed by atoms with Crippen molar-refractivity contribution in [3.63, 3.8) is 0 Å². The molecule has 0 aliphatic heterocycles. The van der Waals surface area contributed by atoms with Gasteiger partial charge < -0.3 is 25.6 Å². The van der Waals surface area contributed by atoms with Crippen LogP contribution in [0.5, 0.6) is 5.75 Å². The Morgan fingerprint density at radius 1 is 1.14 bits per heavy atom. The van der Waals surface area contributed by atoms with Gasteiger partial charge in [0.2, 0.25) is 0 Å². The van der Waals surface area contributed by atoms with Crippen molar-refractivity contribution < 1.29 is 32.9 Å². The van der Waals surface area contributed by atoms with Crippen LogP contribution in [-0.2, 0) is 6.18 Å². The minimum Gasteiger partial charge on any atom is -0.497 e. The molecule has 1 aliphatic carbocycles. The predicted molar refractivity (Wildman–Crippen MR) is 99.8 cm³/mol. The molecule has 0 aromatic heterocycles. The number of urea groups is 1. The van der Waals surface area contributed by atoms with E-state index in [4.69, 9.17) is 4.74 Å². The lowest BCUT2D eigenvalue weighted by Crippen LogP contribution is -2.46. The summed E-state index contributed by atoms with van der Waals surface area (Å²) in [5, 5.41) is 25.5. The van der Waals surface area contributed by atoms with E-state index in [9.17, 15) is 28.2 Å². The predicted octanol–water partition coefficient (Wildman–Crippen LogP) is 3.11. The van der Waals surface area contributed by atoms with Gasteiger partial charge in [-0.1, -0.05) is 18.2 Å². The minimum atomic E-state index is -4.46. The van der Waals surface area contributed by atoms with E-state index in [0.717, 1.165) is 12.1 Å². The molecular formula is C20H21F3N2O4. The topological polar surface area (TPSA) is 90.8 Å². The number of ether oxygens (including phenoxy) is 1. The Morgan fingerprint density at radius 3 is 2.45 bits per heavy atom. The quantitative estimate of drug-likeness (QED) is 0.624. The maximum absolute atomic E-state index is 12.8. The molecule has 0 unspecified atom stereocenters. The zero-order valence-corrected chi connectivity index (χ0v) is 15.5. The molecule has 1 aliphatic rings. The summed E-state index contributed by atoms with van der Waals surface area (Å²) in [7, 11) is 1.49. The highest BCUT2D eigenvalue weighted by Gasteiger charge is 2.43. The number of aliphatic hydroxyl groups is 2. The van der Waals surface area contributed by atoms with Crippen LogP contribution in [-0.4, -0.2) is 41.6 Å². The summed E-state index contributed by atoms with van der Waals surface area (Å²) in [4.78, 5) is 12.4. The standard InChI is InChI=1S/C20H21F3N2O4/c1-29-14-4-2-3-13(9-14)24-19(28)25-17-15(10-16(26)18(17)27)11-5-7-12(8-6-11)20(21,22)23/h2-9,15-18,26-27H,10H2,1H3,(H2,24,25,28)/t15-,16-,17-,18-/m1/s1. The van der Waals surface area contributed by atoms with Gasteiger partial charge in [0.05, 0.1) is 24.8 Å². The Balaban J connectivity index is 1.74. The Labute approximate surface area is 165 Å².